The Balaban J connectivity index is 1.34. The fourth-order valence-corrected chi connectivity index (χ4v) is 5.93. The first-order chi connectivity index (χ1) is 15.8. The number of hydrogen-bond acceptors (Lipinski definition) is 9. The third-order valence-corrected chi connectivity index (χ3v) is 7.71. The van der Waals surface area contributed by atoms with Gasteiger partial charge in [0.1, 0.15) is 0 Å². The predicted molar refractivity (Wildman–Crippen MR) is 113 cm³/mol. The van der Waals surface area contributed by atoms with Crippen molar-refractivity contribution in [2.24, 2.45) is 23.7 Å². The van der Waals surface area contributed by atoms with E-state index in [4.69, 9.17) is 33.8 Å². The molecule has 4 saturated heterocycles. The molecule has 8 atom stereocenters. The normalized spacial score (nSPS) is 41.7. The maximum atomic E-state index is 12.5. The lowest BCUT2D eigenvalue weighted by Gasteiger charge is -2.59. The van der Waals surface area contributed by atoms with Crippen LogP contribution in [-0.4, -0.2) is 67.3 Å². The van der Waals surface area contributed by atoms with Gasteiger partial charge in [-0.25, -0.2) is 9.78 Å². The minimum absolute atomic E-state index is 0.0157. The van der Waals surface area contributed by atoms with Crippen molar-refractivity contribution >= 4 is 11.9 Å². The van der Waals surface area contributed by atoms with Crippen molar-refractivity contribution in [3.63, 3.8) is 0 Å². The van der Waals surface area contributed by atoms with Crippen LogP contribution < -0.4 is 5.32 Å². The second-order valence-electron chi connectivity index (χ2n) is 9.95. The number of nitrogens with one attached hydrogen (secondary N) is 1. The van der Waals surface area contributed by atoms with E-state index in [1.54, 1.807) is 0 Å². The van der Waals surface area contributed by atoms with Gasteiger partial charge in [-0.3, -0.25) is 9.59 Å². The number of aliphatic hydroxyl groups excluding tert-OH is 1. The van der Waals surface area contributed by atoms with Crippen LogP contribution in [0, 0.1) is 23.7 Å². The van der Waals surface area contributed by atoms with Crippen LogP contribution in [0.5, 0.6) is 0 Å². The number of aliphatic hydroxyl groups is 1. The zero-order valence-electron chi connectivity index (χ0n) is 19.7. The molecule has 0 radical (unpaired) electrons. The third kappa shape index (κ3) is 4.92. The molecule has 1 aliphatic carbocycles. The quantitative estimate of drug-likeness (QED) is 0.294. The van der Waals surface area contributed by atoms with Gasteiger partial charge in [-0.05, 0) is 38.0 Å². The van der Waals surface area contributed by atoms with Gasteiger partial charge >= 0.3 is 5.97 Å². The highest BCUT2D eigenvalue weighted by molar-refractivity contribution is 5.81. The second kappa shape index (κ2) is 10.1. The lowest BCUT2D eigenvalue weighted by Crippen LogP contribution is -2.70. The van der Waals surface area contributed by atoms with E-state index in [1.807, 2.05) is 13.8 Å². The number of ether oxygens (including phenoxy) is 4. The summed E-state index contributed by atoms with van der Waals surface area (Å²) >= 11 is 0. The summed E-state index contributed by atoms with van der Waals surface area (Å²) in [6, 6.07) is 0. The summed E-state index contributed by atoms with van der Waals surface area (Å²) < 4.78 is 23.3. The highest BCUT2D eigenvalue weighted by Crippen LogP contribution is 2.60. The molecular weight excluding hydrogens is 434 g/mol. The second-order valence-corrected chi connectivity index (χ2v) is 9.95. The zero-order valence-corrected chi connectivity index (χ0v) is 19.7. The van der Waals surface area contributed by atoms with Crippen LogP contribution in [0.2, 0.25) is 0 Å². The van der Waals surface area contributed by atoms with E-state index in [2.05, 4.69) is 12.2 Å². The molecule has 33 heavy (non-hydrogen) atoms. The van der Waals surface area contributed by atoms with Gasteiger partial charge in [-0.1, -0.05) is 13.8 Å². The van der Waals surface area contributed by atoms with Gasteiger partial charge in [0.05, 0.1) is 26.2 Å². The highest BCUT2D eigenvalue weighted by atomic mass is 17.3. The SMILES string of the molecule is C[C@H]1[C@H](OC(=O)CCC(=O)NCCOCCO)O[C@@H]2O[C@@]3(C)CC[C@H]4[C@H](C)CC[C@H]1[C@@]24OO3. The molecule has 10 nitrogen and oxygen atoms in total. The minimum Gasteiger partial charge on any atom is -0.435 e. The van der Waals surface area contributed by atoms with Gasteiger partial charge in [-0.2, -0.15) is 0 Å². The predicted octanol–water partition coefficient (Wildman–Crippen LogP) is 1.64. The van der Waals surface area contributed by atoms with Crippen LogP contribution >= 0.6 is 0 Å². The molecule has 188 valence electrons. The number of amides is 1. The lowest BCUT2D eigenvalue weighted by atomic mass is 9.58. The fourth-order valence-electron chi connectivity index (χ4n) is 5.93. The Morgan fingerprint density at radius 3 is 2.70 bits per heavy atom. The Morgan fingerprint density at radius 1 is 1.09 bits per heavy atom. The van der Waals surface area contributed by atoms with E-state index >= 15 is 0 Å². The number of esters is 1. The summed E-state index contributed by atoms with van der Waals surface area (Å²) in [5.41, 5.74) is -0.700. The minimum atomic E-state index is -0.883. The molecule has 5 aliphatic rings. The summed E-state index contributed by atoms with van der Waals surface area (Å²) in [4.78, 5) is 36.3. The molecule has 5 rings (SSSR count). The van der Waals surface area contributed by atoms with E-state index in [0.29, 0.717) is 19.1 Å². The summed E-state index contributed by atoms with van der Waals surface area (Å²) in [6.07, 6.45) is 2.16. The van der Waals surface area contributed by atoms with Crippen LogP contribution in [0.4, 0.5) is 0 Å². The molecule has 10 heteroatoms. The summed E-state index contributed by atoms with van der Waals surface area (Å²) in [6.45, 7) is 6.91. The topological polar surface area (TPSA) is 122 Å². The molecule has 4 heterocycles. The Morgan fingerprint density at radius 2 is 1.91 bits per heavy atom. The molecule has 4 aliphatic heterocycles. The van der Waals surface area contributed by atoms with E-state index in [9.17, 15) is 9.59 Å². The largest absolute Gasteiger partial charge is 0.435 e. The Kier molecular flexibility index (Phi) is 7.62. The first-order valence-corrected chi connectivity index (χ1v) is 12.1. The van der Waals surface area contributed by atoms with Crippen molar-refractivity contribution < 1.29 is 43.4 Å². The van der Waals surface area contributed by atoms with Gasteiger partial charge in [0.25, 0.3) is 0 Å². The molecule has 0 aromatic heterocycles. The van der Waals surface area contributed by atoms with Gasteiger partial charge in [0.2, 0.25) is 18.0 Å². The van der Waals surface area contributed by atoms with E-state index in [0.717, 1.165) is 25.7 Å². The van der Waals surface area contributed by atoms with Crippen molar-refractivity contribution in [3.05, 3.63) is 0 Å². The van der Waals surface area contributed by atoms with Gasteiger partial charge in [0, 0.05) is 31.2 Å². The lowest BCUT2D eigenvalue weighted by molar-refractivity contribution is -0.576. The average Bonchev–Trinajstić information content (AvgIpc) is 3.01. The molecule has 1 spiro atoms. The third-order valence-electron chi connectivity index (χ3n) is 7.71. The molecule has 0 unspecified atom stereocenters. The monoisotopic (exact) mass is 471 g/mol. The van der Waals surface area contributed by atoms with Crippen LogP contribution in [0.3, 0.4) is 0 Å². The van der Waals surface area contributed by atoms with Crippen LogP contribution in [0.25, 0.3) is 0 Å². The Hall–Kier alpha value is -1.30. The molecule has 1 saturated carbocycles. The number of rotatable bonds is 9. The first kappa shape index (κ1) is 24.8. The summed E-state index contributed by atoms with van der Waals surface area (Å²) in [7, 11) is 0. The Labute approximate surface area is 194 Å². The first-order valence-electron chi connectivity index (χ1n) is 12.1. The number of carbonyl (C=O) groups is 2. The molecule has 0 aromatic rings. The van der Waals surface area contributed by atoms with E-state index in [-0.39, 0.29) is 49.7 Å². The maximum Gasteiger partial charge on any atom is 0.308 e. The van der Waals surface area contributed by atoms with Gasteiger partial charge in [-0.15, -0.1) is 0 Å². The number of hydrogen-bond donors (Lipinski definition) is 2. The maximum absolute atomic E-state index is 12.5. The van der Waals surface area contributed by atoms with Crippen molar-refractivity contribution in [2.75, 3.05) is 26.4 Å². The van der Waals surface area contributed by atoms with Crippen LogP contribution in [0.1, 0.15) is 59.3 Å². The molecule has 0 aromatic carbocycles. The standard InChI is InChI=1S/C23H37NO9/c1-14-4-5-17-15(2)20(29-19(27)7-6-18(26)24-10-12-28-13-11-25)30-21-23(17)16(14)8-9-22(3,31-21)32-33-23/h14-17,20-21,25H,4-13H2,1-3H3,(H,24,26)/t14-,15-,16+,17-,20-,21-,22-,23-/m1/s1. The highest BCUT2D eigenvalue weighted by Gasteiger charge is 2.69. The van der Waals surface area contributed by atoms with E-state index in [1.165, 1.54) is 0 Å². The van der Waals surface area contributed by atoms with E-state index < -0.39 is 29.9 Å². The molecule has 1 amide bonds. The van der Waals surface area contributed by atoms with Crippen molar-refractivity contribution in [1.82, 2.24) is 5.32 Å². The van der Waals surface area contributed by atoms with Crippen molar-refractivity contribution in [3.8, 4) is 0 Å². The average molecular weight is 472 g/mol. The van der Waals surface area contributed by atoms with Crippen molar-refractivity contribution in [2.45, 2.75) is 83.3 Å². The molecule has 2 bridgehead atoms. The summed E-state index contributed by atoms with van der Waals surface area (Å²) in [5.74, 6) is -0.965. The van der Waals surface area contributed by atoms with Crippen LogP contribution in [0.15, 0.2) is 0 Å². The molecule has 5 fully saturated rings. The Bertz CT molecular complexity index is 720. The molecule has 2 N–H and O–H groups in total. The number of carbonyl (C=O) groups excluding carboxylic acids is 2. The number of fused-ring (bicyclic) bond motifs is 2. The van der Waals surface area contributed by atoms with Crippen LogP contribution in [-0.2, 0) is 38.3 Å². The smallest absolute Gasteiger partial charge is 0.308 e. The fraction of sp³-hybridized carbons (Fsp3) is 0.913. The van der Waals surface area contributed by atoms with Gasteiger partial charge in [0.15, 0.2) is 11.9 Å². The zero-order chi connectivity index (χ0) is 23.6. The summed E-state index contributed by atoms with van der Waals surface area (Å²) in [5, 5.41) is 11.3. The van der Waals surface area contributed by atoms with Crippen molar-refractivity contribution in [1.29, 1.82) is 0 Å². The molecular formula is C23H37NO9. The van der Waals surface area contributed by atoms with Gasteiger partial charge < -0.3 is 29.4 Å².